The lowest BCUT2D eigenvalue weighted by Crippen LogP contribution is -2.45. The van der Waals surface area contributed by atoms with Gasteiger partial charge in [-0.15, -0.1) is 11.8 Å². The van der Waals surface area contributed by atoms with Crippen LogP contribution in [0.3, 0.4) is 0 Å². The minimum absolute atomic E-state index is 0.160. The number of aryl methyl sites for hydroxylation is 1. The van der Waals surface area contributed by atoms with E-state index in [0.29, 0.717) is 0 Å². The van der Waals surface area contributed by atoms with E-state index in [4.69, 9.17) is 4.74 Å². The molecule has 1 saturated heterocycles. The van der Waals surface area contributed by atoms with E-state index in [1.807, 2.05) is 0 Å². The Labute approximate surface area is 131 Å². The lowest BCUT2D eigenvalue weighted by atomic mass is 9.97. The summed E-state index contributed by atoms with van der Waals surface area (Å²) in [5.74, 6) is 1.05. The number of piperidine rings is 1. The number of hydrogen-bond donors (Lipinski definition) is 0. The molecule has 3 rings (SSSR count). The highest BCUT2D eigenvalue weighted by Crippen LogP contribution is 2.35. The lowest BCUT2D eigenvalue weighted by molar-refractivity contribution is 0.130. The van der Waals surface area contributed by atoms with Crippen LogP contribution in [0.4, 0.5) is 0 Å². The Balaban J connectivity index is 1.55. The van der Waals surface area contributed by atoms with Crippen LogP contribution in [-0.4, -0.2) is 41.6 Å². The van der Waals surface area contributed by atoms with Gasteiger partial charge in [-0.05, 0) is 37.7 Å². The Hall–Kier alpha value is -1.18. The van der Waals surface area contributed by atoms with Crippen molar-refractivity contribution in [2.24, 2.45) is 0 Å². The summed E-state index contributed by atoms with van der Waals surface area (Å²) in [6, 6.07) is 8.95. The first-order valence-electron chi connectivity index (χ1n) is 7.59. The molecule has 0 N–H and O–H groups in total. The van der Waals surface area contributed by atoms with Crippen LogP contribution >= 0.6 is 11.8 Å². The molecule has 0 aromatic heterocycles. The van der Waals surface area contributed by atoms with Gasteiger partial charge in [0.1, 0.15) is 16.6 Å². The first kappa shape index (κ1) is 14.7. The summed E-state index contributed by atoms with van der Waals surface area (Å²) >= 11 is 1.71. The van der Waals surface area contributed by atoms with Crippen molar-refractivity contribution < 1.29 is 4.74 Å². The molecule has 1 unspecified atom stereocenters. The van der Waals surface area contributed by atoms with Crippen molar-refractivity contribution in [3.8, 4) is 11.8 Å². The summed E-state index contributed by atoms with van der Waals surface area (Å²) in [4.78, 5) is 2.45. The maximum Gasteiger partial charge on any atom is 0.123 e. The Kier molecular flexibility index (Phi) is 4.14. The molecule has 2 aliphatic heterocycles. The maximum absolute atomic E-state index is 9.34. The molecule has 0 aliphatic carbocycles. The highest BCUT2D eigenvalue weighted by atomic mass is 32.2. The van der Waals surface area contributed by atoms with Gasteiger partial charge in [-0.25, -0.2) is 0 Å². The molecule has 2 aliphatic rings. The van der Waals surface area contributed by atoms with Crippen molar-refractivity contribution in [3.05, 3.63) is 29.3 Å². The first-order valence-corrected chi connectivity index (χ1v) is 8.81. The monoisotopic (exact) mass is 302 g/mol. The normalized spacial score (nSPS) is 24.1. The van der Waals surface area contributed by atoms with E-state index in [0.717, 1.165) is 44.6 Å². The number of benzene rings is 1. The van der Waals surface area contributed by atoms with Crippen LogP contribution < -0.4 is 4.74 Å². The van der Waals surface area contributed by atoms with E-state index >= 15 is 0 Å². The second-order valence-corrected chi connectivity index (χ2v) is 7.36. The van der Waals surface area contributed by atoms with Crippen LogP contribution in [0.15, 0.2) is 18.2 Å². The van der Waals surface area contributed by atoms with Crippen molar-refractivity contribution in [1.82, 2.24) is 4.90 Å². The highest BCUT2D eigenvalue weighted by Gasteiger charge is 2.35. The largest absolute Gasteiger partial charge is 0.488 e. The lowest BCUT2D eigenvalue weighted by Gasteiger charge is -2.36. The van der Waals surface area contributed by atoms with Crippen molar-refractivity contribution in [2.45, 2.75) is 37.0 Å². The summed E-state index contributed by atoms with van der Waals surface area (Å²) < 4.78 is 5.90. The number of likely N-dealkylation sites (tertiary alicyclic amines) is 1. The van der Waals surface area contributed by atoms with Crippen molar-refractivity contribution >= 4 is 11.8 Å². The highest BCUT2D eigenvalue weighted by molar-refractivity contribution is 8.00. The fourth-order valence-electron chi connectivity index (χ4n) is 3.30. The zero-order chi connectivity index (χ0) is 14.9. The molecule has 1 fully saturated rings. The Morgan fingerprint density at radius 1 is 1.43 bits per heavy atom. The summed E-state index contributed by atoms with van der Waals surface area (Å²) in [5.41, 5.74) is 2.64. The Morgan fingerprint density at radius 2 is 2.19 bits per heavy atom. The molecule has 3 nitrogen and oxygen atoms in total. The van der Waals surface area contributed by atoms with Crippen LogP contribution in [-0.2, 0) is 6.42 Å². The van der Waals surface area contributed by atoms with E-state index < -0.39 is 0 Å². The average molecular weight is 302 g/mol. The number of nitrogens with zero attached hydrogens (tertiary/aromatic N) is 2. The van der Waals surface area contributed by atoms with Gasteiger partial charge in [0.25, 0.3) is 0 Å². The van der Waals surface area contributed by atoms with Gasteiger partial charge in [0.2, 0.25) is 0 Å². The summed E-state index contributed by atoms with van der Waals surface area (Å²) in [5, 5.41) is 9.34. The molecule has 4 heteroatoms. The number of hydrogen-bond acceptors (Lipinski definition) is 4. The van der Waals surface area contributed by atoms with Crippen LogP contribution in [0.25, 0.3) is 0 Å². The number of rotatable bonds is 3. The molecule has 1 atom stereocenters. The van der Waals surface area contributed by atoms with E-state index in [2.05, 4.69) is 42.3 Å². The summed E-state index contributed by atoms with van der Waals surface area (Å²) in [6.45, 7) is 5.11. The van der Waals surface area contributed by atoms with Crippen molar-refractivity contribution in [2.75, 3.05) is 25.9 Å². The predicted molar refractivity (Wildman–Crippen MR) is 86.8 cm³/mol. The van der Waals surface area contributed by atoms with Gasteiger partial charge in [-0.2, -0.15) is 5.26 Å². The standard InChI is InChI=1S/C17H22N2OS/c1-13-3-4-16-14(9-13)10-15(20-16)11-19-7-5-17(12-18,21-2)6-8-19/h3-4,9,15H,5-8,10-11H2,1-2H3. The van der Waals surface area contributed by atoms with Gasteiger partial charge < -0.3 is 4.74 Å². The first-order chi connectivity index (χ1) is 10.1. The zero-order valence-corrected chi connectivity index (χ0v) is 13.6. The number of thioether (sulfide) groups is 1. The zero-order valence-electron chi connectivity index (χ0n) is 12.8. The molecule has 1 aromatic rings. The molecular weight excluding hydrogens is 280 g/mol. The average Bonchev–Trinajstić information content (AvgIpc) is 2.90. The molecule has 0 radical (unpaired) electrons. The number of nitriles is 1. The molecule has 0 bridgehead atoms. The van der Waals surface area contributed by atoms with E-state index in [1.54, 1.807) is 11.8 Å². The minimum Gasteiger partial charge on any atom is -0.488 e. The quantitative estimate of drug-likeness (QED) is 0.860. The van der Waals surface area contributed by atoms with Gasteiger partial charge in [0, 0.05) is 26.1 Å². The second kappa shape index (κ2) is 5.90. The van der Waals surface area contributed by atoms with Crippen molar-refractivity contribution in [3.63, 3.8) is 0 Å². The SMILES string of the molecule is CSC1(C#N)CCN(CC2Cc3cc(C)ccc3O2)CC1. The molecule has 1 aromatic carbocycles. The van der Waals surface area contributed by atoms with E-state index in [-0.39, 0.29) is 10.9 Å². The maximum atomic E-state index is 9.34. The van der Waals surface area contributed by atoms with Crippen molar-refractivity contribution in [1.29, 1.82) is 5.26 Å². The van der Waals surface area contributed by atoms with Gasteiger partial charge in [0.05, 0.1) is 6.07 Å². The number of fused-ring (bicyclic) bond motifs is 1. The van der Waals surface area contributed by atoms with Crippen LogP contribution in [0.2, 0.25) is 0 Å². The van der Waals surface area contributed by atoms with Gasteiger partial charge in [-0.1, -0.05) is 17.7 Å². The van der Waals surface area contributed by atoms with Crippen LogP contribution in [0.5, 0.6) is 5.75 Å². The topological polar surface area (TPSA) is 36.3 Å². The molecule has 0 amide bonds. The predicted octanol–water partition coefficient (Wildman–Crippen LogP) is 3.02. The van der Waals surface area contributed by atoms with Gasteiger partial charge in [0.15, 0.2) is 0 Å². The molecule has 0 spiro atoms. The fraction of sp³-hybridized carbons (Fsp3) is 0.588. The third kappa shape index (κ3) is 3.04. The molecular formula is C17H22N2OS. The summed E-state index contributed by atoms with van der Waals surface area (Å²) in [6.07, 6.45) is 5.26. The molecule has 2 heterocycles. The smallest absolute Gasteiger partial charge is 0.123 e. The summed E-state index contributed by atoms with van der Waals surface area (Å²) in [7, 11) is 0. The second-order valence-electron chi connectivity index (χ2n) is 6.17. The van der Waals surface area contributed by atoms with E-state index in [1.165, 1.54) is 11.1 Å². The third-order valence-electron chi connectivity index (χ3n) is 4.68. The van der Waals surface area contributed by atoms with Crippen LogP contribution in [0, 0.1) is 18.3 Å². The molecule has 112 valence electrons. The third-order valence-corrected chi connectivity index (χ3v) is 5.96. The Morgan fingerprint density at radius 3 is 2.86 bits per heavy atom. The van der Waals surface area contributed by atoms with Gasteiger partial charge in [-0.3, -0.25) is 4.90 Å². The van der Waals surface area contributed by atoms with E-state index in [9.17, 15) is 5.26 Å². The van der Waals surface area contributed by atoms with Gasteiger partial charge >= 0.3 is 0 Å². The fourth-order valence-corrected chi connectivity index (χ4v) is 3.98. The number of ether oxygens (including phenoxy) is 1. The minimum atomic E-state index is -0.160. The van der Waals surface area contributed by atoms with Crippen LogP contribution in [0.1, 0.15) is 24.0 Å². The molecule has 21 heavy (non-hydrogen) atoms. The molecule has 0 saturated carbocycles. The Bertz CT molecular complexity index is 558.